The zero-order chi connectivity index (χ0) is 15.2. The third kappa shape index (κ3) is 3.59. The molecule has 2 aromatic rings. The minimum Gasteiger partial charge on any atom is -0.496 e. The lowest BCUT2D eigenvalue weighted by Crippen LogP contribution is -2.23. The van der Waals surface area contributed by atoms with Crippen molar-refractivity contribution in [3.05, 3.63) is 58.3 Å². The van der Waals surface area contributed by atoms with Gasteiger partial charge in [0.05, 0.1) is 13.7 Å². The molecule has 0 aliphatic rings. The first-order valence-corrected chi connectivity index (χ1v) is 6.33. The molecule has 0 aliphatic carbocycles. The Morgan fingerprint density at radius 2 is 2.33 bits per heavy atom. The molecule has 21 heavy (non-hydrogen) atoms. The summed E-state index contributed by atoms with van der Waals surface area (Å²) in [5.41, 5.74) is 0.982. The van der Waals surface area contributed by atoms with E-state index in [0.717, 1.165) is 5.56 Å². The number of rotatable bonds is 6. The maximum Gasteiger partial charge on any atom is 0.340 e. The van der Waals surface area contributed by atoms with Gasteiger partial charge in [0.15, 0.2) is 0 Å². The predicted octanol–water partition coefficient (Wildman–Crippen LogP) is 0.765. The maximum atomic E-state index is 12.1. The highest BCUT2D eigenvalue weighted by molar-refractivity contribution is 5.94. The molecular formula is C14H16N4O3. The Labute approximate surface area is 121 Å². The Morgan fingerprint density at radius 1 is 1.52 bits per heavy atom. The van der Waals surface area contributed by atoms with E-state index in [4.69, 9.17) is 4.74 Å². The summed E-state index contributed by atoms with van der Waals surface area (Å²) in [4.78, 5) is 25.4. The fourth-order valence-electron chi connectivity index (χ4n) is 1.89. The minimum atomic E-state index is -0.406. The van der Waals surface area contributed by atoms with E-state index in [1.165, 1.54) is 0 Å². The molecule has 1 aromatic carbocycles. The normalized spacial score (nSPS) is 10.1. The lowest BCUT2D eigenvalue weighted by molar-refractivity contribution is 0.0950. The lowest BCUT2D eigenvalue weighted by atomic mass is 10.1. The average molecular weight is 288 g/mol. The Kier molecular flexibility index (Phi) is 4.55. The topological polar surface area (TPSA) is 99.9 Å². The SMILES string of the molecule is C=CCc1cc(C(=O)NCc2n[nH]c(=O)[nH]2)ccc1OC. The van der Waals surface area contributed by atoms with E-state index in [9.17, 15) is 9.59 Å². The Bertz CT molecular complexity index is 702. The molecule has 7 heteroatoms. The molecule has 3 N–H and O–H groups in total. The van der Waals surface area contributed by atoms with Crippen molar-refractivity contribution in [3.8, 4) is 5.75 Å². The number of amides is 1. The second kappa shape index (κ2) is 6.56. The van der Waals surface area contributed by atoms with Crippen molar-refractivity contribution in [3.63, 3.8) is 0 Å². The quantitative estimate of drug-likeness (QED) is 0.683. The third-order valence-electron chi connectivity index (χ3n) is 2.87. The Hall–Kier alpha value is -2.83. The van der Waals surface area contributed by atoms with Crippen LogP contribution in [0.3, 0.4) is 0 Å². The molecule has 0 saturated carbocycles. The number of H-pyrrole nitrogens is 2. The van der Waals surface area contributed by atoms with E-state index >= 15 is 0 Å². The molecule has 1 aromatic heterocycles. The van der Waals surface area contributed by atoms with Gasteiger partial charge in [-0.05, 0) is 30.2 Å². The molecule has 2 rings (SSSR count). The Balaban J connectivity index is 2.09. The summed E-state index contributed by atoms with van der Waals surface area (Å²) >= 11 is 0. The molecule has 0 aliphatic heterocycles. The Morgan fingerprint density at radius 3 is 2.95 bits per heavy atom. The number of nitrogens with zero attached hydrogens (tertiary/aromatic N) is 1. The second-order valence-corrected chi connectivity index (χ2v) is 4.33. The van der Waals surface area contributed by atoms with E-state index in [-0.39, 0.29) is 12.5 Å². The van der Waals surface area contributed by atoms with Gasteiger partial charge in [0.1, 0.15) is 11.6 Å². The number of hydrogen-bond donors (Lipinski definition) is 3. The number of ether oxygens (including phenoxy) is 1. The molecule has 7 nitrogen and oxygen atoms in total. The zero-order valence-electron chi connectivity index (χ0n) is 11.6. The summed E-state index contributed by atoms with van der Waals surface area (Å²) in [5, 5.41) is 8.62. The maximum absolute atomic E-state index is 12.1. The first-order chi connectivity index (χ1) is 10.1. The molecule has 110 valence electrons. The summed E-state index contributed by atoms with van der Waals surface area (Å²) in [5.74, 6) is 0.822. The van der Waals surface area contributed by atoms with Crippen molar-refractivity contribution in [1.82, 2.24) is 20.5 Å². The summed E-state index contributed by atoms with van der Waals surface area (Å²) in [6.45, 7) is 3.82. The number of allylic oxidation sites excluding steroid dienone is 1. The van der Waals surface area contributed by atoms with Gasteiger partial charge in [0.25, 0.3) is 5.91 Å². The number of methoxy groups -OCH3 is 1. The summed E-state index contributed by atoms with van der Waals surface area (Å²) in [6.07, 6.45) is 2.35. The van der Waals surface area contributed by atoms with Crippen LogP contribution in [0.1, 0.15) is 21.7 Å². The van der Waals surface area contributed by atoms with Crippen LogP contribution in [0.2, 0.25) is 0 Å². The second-order valence-electron chi connectivity index (χ2n) is 4.33. The van der Waals surface area contributed by atoms with Gasteiger partial charge in [-0.2, -0.15) is 5.10 Å². The van der Waals surface area contributed by atoms with E-state index in [1.807, 2.05) is 0 Å². The first-order valence-electron chi connectivity index (χ1n) is 6.33. The molecule has 0 unspecified atom stereocenters. The van der Waals surface area contributed by atoms with Crippen molar-refractivity contribution in [1.29, 1.82) is 0 Å². The van der Waals surface area contributed by atoms with Gasteiger partial charge in [-0.25, -0.2) is 9.89 Å². The van der Waals surface area contributed by atoms with Crippen LogP contribution in [0.25, 0.3) is 0 Å². The van der Waals surface area contributed by atoms with Crippen LogP contribution in [0, 0.1) is 0 Å². The minimum absolute atomic E-state index is 0.139. The smallest absolute Gasteiger partial charge is 0.340 e. The van der Waals surface area contributed by atoms with E-state index in [1.54, 1.807) is 31.4 Å². The predicted molar refractivity (Wildman–Crippen MR) is 77.3 cm³/mol. The summed E-state index contributed by atoms with van der Waals surface area (Å²) in [7, 11) is 1.58. The molecule has 0 saturated heterocycles. The highest BCUT2D eigenvalue weighted by Crippen LogP contribution is 2.20. The van der Waals surface area contributed by atoms with Gasteiger partial charge in [0.2, 0.25) is 0 Å². The number of carbonyl (C=O) groups is 1. The standard InChI is InChI=1S/C14H16N4O3/c1-3-4-9-7-10(5-6-11(9)21-2)13(19)15-8-12-16-14(20)18-17-12/h3,5-7H,1,4,8H2,2H3,(H,15,19)(H2,16,17,18,20). The molecule has 0 spiro atoms. The van der Waals surface area contributed by atoms with Crippen molar-refractivity contribution < 1.29 is 9.53 Å². The van der Waals surface area contributed by atoms with Crippen molar-refractivity contribution in [2.24, 2.45) is 0 Å². The third-order valence-corrected chi connectivity index (χ3v) is 2.87. The van der Waals surface area contributed by atoms with Gasteiger partial charge in [-0.3, -0.25) is 9.78 Å². The zero-order valence-corrected chi connectivity index (χ0v) is 11.6. The first kappa shape index (κ1) is 14.6. The van der Waals surface area contributed by atoms with Crippen LogP contribution in [-0.4, -0.2) is 28.2 Å². The average Bonchev–Trinajstić information content (AvgIpc) is 2.90. The van der Waals surface area contributed by atoms with Gasteiger partial charge in [-0.1, -0.05) is 6.08 Å². The molecule has 0 atom stereocenters. The number of nitrogens with one attached hydrogen (secondary N) is 3. The van der Waals surface area contributed by atoms with Gasteiger partial charge in [-0.15, -0.1) is 6.58 Å². The fourth-order valence-corrected chi connectivity index (χ4v) is 1.89. The number of carbonyl (C=O) groups excluding carboxylic acids is 1. The van der Waals surface area contributed by atoms with E-state index in [0.29, 0.717) is 23.6 Å². The highest BCUT2D eigenvalue weighted by Gasteiger charge is 2.10. The molecule has 1 heterocycles. The van der Waals surface area contributed by atoms with Crippen LogP contribution < -0.4 is 15.7 Å². The van der Waals surface area contributed by atoms with E-state index < -0.39 is 5.69 Å². The van der Waals surface area contributed by atoms with Crippen molar-refractivity contribution in [2.45, 2.75) is 13.0 Å². The van der Waals surface area contributed by atoms with Crippen LogP contribution >= 0.6 is 0 Å². The molecule has 0 fully saturated rings. The van der Waals surface area contributed by atoms with Crippen LogP contribution in [0.4, 0.5) is 0 Å². The fraction of sp³-hybridized carbons (Fsp3) is 0.214. The summed E-state index contributed by atoms with van der Waals surface area (Å²) < 4.78 is 5.23. The van der Waals surface area contributed by atoms with Crippen molar-refractivity contribution >= 4 is 5.91 Å². The van der Waals surface area contributed by atoms with Crippen LogP contribution in [-0.2, 0) is 13.0 Å². The summed E-state index contributed by atoms with van der Waals surface area (Å²) in [6, 6.07) is 5.17. The monoisotopic (exact) mass is 288 g/mol. The van der Waals surface area contributed by atoms with Crippen molar-refractivity contribution in [2.75, 3.05) is 7.11 Å². The van der Waals surface area contributed by atoms with Gasteiger partial charge < -0.3 is 10.1 Å². The molecular weight excluding hydrogens is 272 g/mol. The van der Waals surface area contributed by atoms with E-state index in [2.05, 4.69) is 27.1 Å². The molecule has 1 amide bonds. The molecule has 0 radical (unpaired) electrons. The van der Waals surface area contributed by atoms with Crippen LogP contribution in [0.15, 0.2) is 35.6 Å². The number of benzene rings is 1. The largest absolute Gasteiger partial charge is 0.496 e. The number of aromatic amines is 2. The van der Waals surface area contributed by atoms with Gasteiger partial charge >= 0.3 is 5.69 Å². The lowest BCUT2D eigenvalue weighted by Gasteiger charge is -2.09. The van der Waals surface area contributed by atoms with Crippen LogP contribution in [0.5, 0.6) is 5.75 Å². The van der Waals surface area contributed by atoms with Gasteiger partial charge in [0, 0.05) is 5.56 Å². The molecule has 0 bridgehead atoms. The number of aromatic nitrogens is 3. The highest BCUT2D eigenvalue weighted by atomic mass is 16.5. The number of hydrogen-bond acceptors (Lipinski definition) is 4.